The third kappa shape index (κ3) is 9.91. The van der Waals surface area contributed by atoms with Crippen LogP contribution >= 0.6 is 0 Å². The van der Waals surface area contributed by atoms with E-state index in [-0.39, 0.29) is 26.4 Å². The second-order valence-corrected chi connectivity index (χ2v) is 4.32. The summed E-state index contributed by atoms with van der Waals surface area (Å²) in [6, 6.07) is 0. The first-order valence-corrected chi connectivity index (χ1v) is 6.95. The van der Waals surface area contributed by atoms with Crippen LogP contribution in [0.25, 0.3) is 0 Å². The van der Waals surface area contributed by atoms with E-state index >= 15 is 0 Å². The van der Waals surface area contributed by atoms with Crippen molar-refractivity contribution < 1.29 is 38.7 Å². The van der Waals surface area contributed by atoms with Crippen molar-refractivity contribution in [2.45, 2.75) is 45.3 Å². The lowest BCUT2D eigenvalue weighted by atomic mass is 10.3. The minimum atomic E-state index is -0.691. The van der Waals surface area contributed by atoms with Crippen LogP contribution in [0.3, 0.4) is 0 Å². The largest absolute Gasteiger partial charge is 0.508 e. The molecule has 2 unspecified atom stereocenters. The molecule has 2 saturated heterocycles. The number of aliphatic hydroxyl groups excluding tert-OH is 2. The molecule has 2 heterocycles. The van der Waals surface area contributed by atoms with Gasteiger partial charge >= 0.3 is 12.3 Å². The Hall–Kier alpha value is -1.54. The van der Waals surface area contributed by atoms with E-state index in [1.165, 1.54) is 19.3 Å². The Bertz CT molecular complexity index is 266. The van der Waals surface area contributed by atoms with Gasteiger partial charge in [-0.1, -0.05) is 33.1 Å². The highest BCUT2D eigenvalue weighted by Gasteiger charge is 2.23. The van der Waals surface area contributed by atoms with E-state index in [0.717, 1.165) is 0 Å². The molecule has 8 nitrogen and oxygen atoms in total. The Kier molecular flexibility index (Phi) is 11.3. The van der Waals surface area contributed by atoms with Crippen molar-refractivity contribution >= 4 is 12.3 Å². The van der Waals surface area contributed by atoms with Crippen LogP contribution in [0.1, 0.15) is 33.1 Å². The minimum absolute atomic E-state index is 0.161. The average Bonchev–Trinajstić information content (AvgIpc) is 3.09. The first kappa shape index (κ1) is 19.5. The molecule has 2 aliphatic rings. The molecule has 0 aromatic heterocycles. The van der Waals surface area contributed by atoms with Crippen LogP contribution in [0, 0.1) is 0 Å². The molecule has 2 N–H and O–H groups in total. The molecule has 2 aliphatic heterocycles. The Balaban J connectivity index is 0.000000296. The summed E-state index contributed by atoms with van der Waals surface area (Å²) in [5, 5.41) is 16.7. The Morgan fingerprint density at radius 3 is 1.38 bits per heavy atom. The smallest absolute Gasteiger partial charge is 0.430 e. The van der Waals surface area contributed by atoms with Crippen molar-refractivity contribution in [1.29, 1.82) is 0 Å². The van der Waals surface area contributed by atoms with E-state index < -0.39 is 24.5 Å². The van der Waals surface area contributed by atoms with Gasteiger partial charge in [0.1, 0.15) is 13.2 Å². The van der Waals surface area contributed by atoms with E-state index in [9.17, 15) is 9.59 Å². The normalized spacial score (nSPS) is 22.7. The molecule has 2 rings (SSSR count). The molecule has 124 valence electrons. The highest BCUT2D eigenvalue weighted by molar-refractivity contribution is 5.62. The second kappa shape index (κ2) is 12.2. The van der Waals surface area contributed by atoms with Crippen molar-refractivity contribution in [3.8, 4) is 0 Å². The quantitative estimate of drug-likeness (QED) is 0.746. The van der Waals surface area contributed by atoms with Crippen molar-refractivity contribution in [3.05, 3.63) is 0 Å². The molecule has 0 saturated carbocycles. The van der Waals surface area contributed by atoms with Gasteiger partial charge in [-0.05, 0) is 0 Å². The Labute approximate surface area is 123 Å². The summed E-state index contributed by atoms with van der Waals surface area (Å²) < 4.78 is 17.5. The molecule has 0 aromatic carbocycles. The fraction of sp³-hybridized carbons (Fsp3) is 0.846. The van der Waals surface area contributed by atoms with Crippen molar-refractivity contribution in [1.82, 2.24) is 0 Å². The summed E-state index contributed by atoms with van der Waals surface area (Å²) in [7, 11) is 0. The fourth-order valence-electron chi connectivity index (χ4n) is 1.26. The monoisotopic (exact) mass is 308 g/mol. The maximum absolute atomic E-state index is 10.1. The third-order valence-electron chi connectivity index (χ3n) is 2.41. The molecule has 2 atom stereocenters. The predicted octanol–water partition coefficient (Wildman–Crippen LogP) is 1.22. The molecule has 8 heteroatoms. The molecule has 2 fully saturated rings. The van der Waals surface area contributed by atoms with Crippen LogP contribution in [-0.2, 0) is 18.9 Å². The van der Waals surface area contributed by atoms with Crippen LogP contribution in [0.15, 0.2) is 0 Å². The van der Waals surface area contributed by atoms with Gasteiger partial charge in [-0.2, -0.15) is 0 Å². The summed E-state index contributed by atoms with van der Waals surface area (Å²) in [6.07, 6.45) is 1.81. The molecule has 0 radical (unpaired) electrons. The number of cyclic esters (lactones) is 4. The van der Waals surface area contributed by atoms with Gasteiger partial charge in [0.25, 0.3) is 0 Å². The molecule has 0 bridgehead atoms. The Morgan fingerprint density at radius 2 is 1.29 bits per heavy atom. The van der Waals surface area contributed by atoms with Crippen molar-refractivity contribution in [2.24, 2.45) is 0 Å². The van der Waals surface area contributed by atoms with E-state index in [2.05, 4.69) is 32.8 Å². The highest BCUT2D eigenvalue weighted by Crippen LogP contribution is 2.04. The number of unbranched alkanes of at least 4 members (excludes halogenated alkanes) is 2. The number of ether oxygens (including phenoxy) is 4. The lowest BCUT2D eigenvalue weighted by Gasteiger charge is -1.96. The maximum Gasteiger partial charge on any atom is 0.508 e. The van der Waals surface area contributed by atoms with Gasteiger partial charge in [0, 0.05) is 0 Å². The predicted molar refractivity (Wildman–Crippen MR) is 71.8 cm³/mol. The fourth-order valence-corrected chi connectivity index (χ4v) is 1.26. The van der Waals surface area contributed by atoms with Crippen LogP contribution < -0.4 is 0 Å². The molecule has 0 amide bonds. The van der Waals surface area contributed by atoms with Gasteiger partial charge < -0.3 is 29.2 Å². The van der Waals surface area contributed by atoms with Crippen molar-refractivity contribution in [2.75, 3.05) is 26.4 Å². The number of carbonyl (C=O) groups excluding carboxylic acids is 2. The second-order valence-electron chi connectivity index (χ2n) is 4.32. The molecular weight excluding hydrogens is 284 g/mol. The summed E-state index contributed by atoms with van der Waals surface area (Å²) in [5.41, 5.74) is 0. The lowest BCUT2D eigenvalue weighted by molar-refractivity contribution is 0.0915. The lowest BCUT2D eigenvalue weighted by Crippen LogP contribution is -2.14. The molecule has 0 spiro atoms. The Morgan fingerprint density at radius 1 is 0.905 bits per heavy atom. The van der Waals surface area contributed by atoms with E-state index in [1.54, 1.807) is 0 Å². The first-order valence-electron chi connectivity index (χ1n) is 6.95. The standard InChI is InChI=1S/C5H12.2C4H6O4/c1-3-5-4-2;2*5-1-3-2-7-4(6)8-3/h3-5H2,1-2H3;2*3,5H,1-2H2. The third-order valence-corrected chi connectivity index (χ3v) is 2.41. The molecule has 0 aliphatic carbocycles. The number of aliphatic hydroxyl groups is 2. The number of rotatable bonds is 4. The number of carbonyl (C=O) groups is 2. The van der Waals surface area contributed by atoms with E-state index in [4.69, 9.17) is 10.2 Å². The number of hydrogen-bond acceptors (Lipinski definition) is 8. The van der Waals surface area contributed by atoms with E-state index in [1.807, 2.05) is 0 Å². The van der Waals surface area contributed by atoms with E-state index in [0.29, 0.717) is 0 Å². The van der Waals surface area contributed by atoms with Gasteiger partial charge in [-0.25, -0.2) is 9.59 Å². The zero-order chi connectivity index (χ0) is 16.1. The van der Waals surface area contributed by atoms with Gasteiger partial charge in [-0.15, -0.1) is 0 Å². The van der Waals surface area contributed by atoms with Gasteiger partial charge in [0.2, 0.25) is 0 Å². The van der Waals surface area contributed by atoms with Crippen LogP contribution in [0.5, 0.6) is 0 Å². The molecular formula is C13H24O8. The van der Waals surface area contributed by atoms with Gasteiger partial charge in [-0.3, -0.25) is 0 Å². The van der Waals surface area contributed by atoms with Crippen molar-refractivity contribution in [3.63, 3.8) is 0 Å². The highest BCUT2D eigenvalue weighted by atomic mass is 16.8. The van der Waals surface area contributed by atoms with Crippen LogP contribution in [0.4, 0.5) is 9.59 Å². The number of hydrogen-bond donors (Lipinski definition) is 2. The summed E-state index contributed by atoms with van der Waals surface area (Å²) in [6.45, 7) is 4.45. The minimum Gasteiger partial charge on any atom is -0.430 e. The van der Waals surface area contributed by atoms with Gasteiger partial charge in [0.15, 0.2) is 12.2 Å². The maximum atomic E-state index is 10.1. The zero-order valence-corrected chi connectivity index (χ0v) is 12.4. The first-order chi connectivity index (χ1) is 10.1. The summed E-state index contributed by atoms with van der Waals surface area (Å²) in [4.78, 5) is 20.1. The summed E-state index contributed by atoms with van der Waals surface area (Å²) in [5.74, 6) is 0. The van der Waals surface area contributed by atoms with Crippen LogP contribution in [-0.4, -0.2) is 61.2 Å². The SMILES string of the molecule is CCCCC.O=C1OCC(CO)O1.O=C1OCC(CO)O1. The topological polar surface area (TPSA) is 112 Å². The zero-order valence-electron chi connectivity index (χ0n) is 12.4. The average molecular weight is 308 g/mol. The molecule has 0 aromatic rings. The molecule has 21 heavy (non-hydrogen) atoms. The van der Waals surface area contributed by atoms with Gasteiger partial charge in [0.05, 0.1) is 13.2 Å². The summed E-state index contributed by atoms with van der Waals surface area (Å²) >= 11 is 0. The van der Waals surface area contributed by atoms with Crippen LogP contribution in [0.2, 0.25) is 0 Å².